The summed E-state index contributed by atoms with van der Waals surface area (Å²) in [6.07, 6.45) is 9.64. The molecule has 1 aliphatic carbocycles. The van der Waals surface area contributed by atoms with Gasteiger partial charge in [0.1, 0.15) is 6.61 Å². The van der Waals surface area contributed by atoms with Crippen molar-refractivity contribution in [2.75, 3.05) is 26.3 Å². The molecule has 0 atom stereocenters. The molecule has 3 heterocycles. The maximum absolute atomic E-state index is 11.8. The lowest BCUT2D eigenvalue weighted by Gasteiger charge is -2.24. The van der Waals surface area contributed by atoms with Gasteiger partial charge in [0.25, 0.3) is 0 Å². The summed E-state index contributed by atoms with van der Waals surface area (Å²) >= 11 is 0. The van der Waals surface area contributed by atoms with E-state index < -0.39 is 5.97 Å². The molecule has 2 N–H and O–H groups in total. The van der Waals surface area contributed by atoms with E-state index in [9.17, 15) is 9.90 Å². The van der Waals surface area contributed by atoms with Crippen molar-refractivity contribution in [2.45, 2.75) is 63.8 Å². The molecular weight excluding hydrogens is 452 g/mol. The topological polar surface area (TPSA) is 72.7 Å². The normalized spacial score (nSPS) is 18.8. The highest BCUT2D eigenvalue weighted by molar-refractivity contribution is 5.99. The monoisotopic (exact) mass is 488 g/mol. The third-order valence-corrected chi connectivity index (χ3v) is 8.40. The lowest BCUT2D eigenvalue weighted by atomic mass is 9.81. The highest BCUT2D eigenvalue weighted by atomic mass is 16.5. The fourth-order valence-electron chi connectivity index (χ4n) is 6.55. The van der Waals surface area contributed by atoms with Crippen molar-refractivity contribution in [3.8, 4) is 22.8 Å². The number of carboxylic acids is 1. The minimum absolute atomic E-state index is 0.332. The molecule has 3 aromatic rings. The summed E-state index contributed by atoms with van der Waals surface area (Å²) in [7, 11) is 0. The second-order valence-electron chi connectivity index (χ2n) is 10.6. The van der Waals surface area contributed by atoms with Crippen LogP contribution in [0.3, 0.4) is 0 Å². The smallest absolute Gasteiger partial charge is 0.335 e. The van der Waals surface area contributed by atoms with Crippen molar-refractivity contribution in [1.29, 1.82) is 0 Å². The first-order valence-corrected chi connectivity index (χ1v) is 13.7. The molecule has 6 nitrogen and oxygen atoms in total. The molecule has 0 bridgehead atoms. The zero-order valence-electron chi connectivity index (χ0n) is 20.9. The molecule has 0 unspecified atom stereocenters. The first kappa shape index (κ1) is 23.4. The Kier molecular flexibility index (Phi) is 6.61. The first-order valence-electron chi connectivity index (χ1n) is 13.7. The number of aromatic carboxylic acids is 1. The van der Waals surface area contributed by atoms with Gasteiger partial charge in [0.15, 0.2) is 11.5 Å². The van der Waals surface area contributed by atoms with Crippen molar-refractivity contribution < 1.29 is 19.4 Å². The van der Waals surface area contributed by atoms with E-state index in [0.717, 1.165) is 48.0 Å². The SMILES string of the molecule is O=C(O)c1ccc2c(C3CCCCC3)c3n(c2c1)CCOc1c(OCCC2CCNCC2)cccc1-3. The second-order valence-corrected chi connectivity index (χ2v) is 10.6. The Labute approximate surface area is 212 Å². The number of para-hydroxylation sites is 1. The number of rotatable bonds is 6. The van der Waals surface area contributed by atoms with E-state index in [1.807, 2.05) is 18.2 Å². The molecule has 190 valence electrons. The van der Waals surface area contributed by atoms with E-state index in [0.29, 0.717) is 31.2 Å². The largest absolute Gasteiger partial charge is 0.490 e. The van der Waals surface area contributed by atoms with E-state index in [2.05, 4.69) is 22.0 Å². The zero-order valence-corrected chi connectivity index (χ0v) is 20.9. The van der Waals surface area contributed by atoms with Gasteiger partial charge in [-0.1, -0.05) is 31.4 Å². The van der Waals surface area contributed by atoms with Crippen molar-refractivity contribution in [3.05, 3.63) is 47.5 Å². The maximum atomic E-state index is 11.8. The fraction of sp³-hybridized carbons (Fsp3) is 0.500. The number of fused-ring (bicyclic) bond motifs is 5. The van der Waals surface area contributed by atoms with Crippen LogP contribution in [-0.2, 0) is 6.54 Å². The summed E-state index contributed by atoms with van der Waals surface area (Å²) in [4.78, 5) is 11.8. The molecule has 2 aliphatic heterocycles. The third kappa shape index (κ3) is 4.36. The third-order valence-electron chi connectivity index (χ3n) is 8.40. The molecule has 0 spiro atoms. The van der Waals surface area contributed by atoms with Gasteiger partial charge in [-0.25, -0.2) is 4.79 Å². The van der Waals surface area contributed by atoms with E-state index in [1.165, 1.54) is 61.6 Å². The lowest BCUT2D eigenvalue weighted by Crippen LogP contribution is -2.28. The van der Waals surface area contributed by atoms with Crippen LogP contribution < -0.4 is 14.8 Å². The molecule has 1 saturated carbocycles. The summed E-state index contributed by atoms with van der Waals surface area (Å²) in [6.45, 7) is 4.12. The van der Waals surface area contributed by atoms with Gasteiger partial charge in [0.05, 0.1) is 24.4 Å². The van der Waals surface area contributed by atoms with Crippen LogP contribution in [0, 0.1) is 5.92 Å². The Hall–Kier alpha value is -2.99. The minimum Gasteiger partial charge on any atom is -0.490 e. The molecule has 3 aliphatic rings. The molecule has 2 fully saturated rings. The summed E-state index contributed by atoms with van der Waals surface area (Å²) in [5, 5.41) is 14.3. The maximum Gasteiger partial charge on any atom is 0.335 e. The van der Waals surface area contributed by atoms with Gasteiger partial charge < -0.3 is 24.5 Å². The Morgan fingerprint density at radius 2 is 1.92 bits per heavy atom. The van der Waals surface area contributed by atoms with Crippen LogP contribution in [0.1, 0.15) is 73.2 Å². The number of ether oxygens (including phenoxy) is 2. The van der Waals surface area contributed by atoms with Crippen LogP contribution in [0.4, 0.5) is 0 Å². The van der Waals surface area contributed by atoms with Crippen LogP contribution in [0.2, 0.25) is 0 Å². The Bertz CT molecular complexity index is 1250. The number of piperidine rings is 1. The molecule has 6 heteroatoms. The van der Waals surface area contributed by atoms with Gasteiger partial charge in [-0.15, -0.1) is 0 Å². The van der Waals surface area contributed by atoms with Crippen LogP contribution in [0.15, 0.2) is 36.4 Å². The summed E-state index contributed by atoms with van der Waals surface area (Å²) < 4.78 is 15.0. The quantitative estimate of drug-likeness (QED) is 0.431. The van der Waals surface area contributed by atoms with Crippen LogP contribution >= 0.6 is 0 Å². The molecule has 0 amide bonds. The number of hydrogen-bond acceptors (Lipinski definition) is 4. The highest BCUT2D eigenvalue weighted by Crippen LogP contribution is 2.49. The molecule has 1 saturated heterocycles. The number of nitrogens with one attached hydrogen (secondary N) is 1. The average Bonchev–Trinajstić information content (AvgIpc) is 3.10. The summed E-state index contributed by atoms with van der Waals surface area (Å²) in [5.41, 5.74) is 4.95. The van der Waals surface area contributed by atoms with E-state index in [4.69, 9.17) is 9.47 Å². The van der Waals surface area contributed by atoms with Gasteiger partial charge in [0.2, 0.25) is 0 Å². The average molecular weight is 489 g/mol. The van der Waals surface area contributed by atoms with Crippen molar-refractivity contribution >= 4 is 16.9 Å². The lowest BCUT2D eigenvalue weighted by molar-refractivity contribution is 0.0697. The molecule has 36 heavy (non-hydrogen) atoms. The van der Waals surface area contributed by atoms with Crippen molar-refractivity contribution in [2.24, 2.45) is 5.92 Å². The van der Waals surface area contributed by atoms with Crippen molar-refractivity contribution in [1.82, 2.24) is 9.88 Å². The Morgan fingerprint density at radius 1 is 1.08 bits per heavy atom. The van der Waals surface area contributed by atoms with Gasteiger partial charge >= 0.3 is 5.97 Å². The first-order chi connectivity index (χ1) is 17.7. The number of nitrogens with zero attached hydrogens (tertiary/aromatic N) is 1. The van der Waals surface area contributed by atoms with Crippen LogP contribution in [0.5, 0.6) is 11.5 Å². The van der Waals surface area contributed by atoms with Gasteiger partial charge in [-0.2, -0.15) is 0 Å². The number of benzene rings is 2. The van der Waals surface area contributed by atoms with E-state index >= 15 is 0 Å². The molecular formula is C30H36N2O4. The van der Waals surface area contributed by atoms with Gasteiger partial charge in [0, 0.05) is 16.5 Å². The van der Waals surface area contributed by atoms with E-state index in [-0.39, 0.29) is 0 Å². The summed E-state index contributed by atoms with van der Waals surface area (Å²) in [6, 6.07) is 11.9. The van der Waals surface area contributed by atoms with E-state index in [1.54, 1.807) is 6.07 Å². The Balaban J connectivity index is 1.42. The second kappa shape index (κ2) is 10.2. The molecule has 1 aromatic heterocycles. The van der Waals surface area contributed by atoms with Crippen LogP contribution in [-0.4, -0.2) is 41.9 Å². The molecule has 6 rings (SSSR count). The predicted molar refractivity (Wildman–Crippen MR) is 141 cm³/mol. The zero-order chi connectivity index (χ0) is 24.5. The van der Waals surface area contributed by atoms with Crippen molar-refractivity contribution in [3.63, 3.8) is 0 Å². The predicted octanol–water partition coefficient (Wildman–Crippen LogP) is 6.22. The minimum atomic E-state index is -0.888. The van der Waals surface area contributed by atoms with Crippen LogP contribution in [0.25, 0.3) is 22.2 Å². The molecule has 0 radical (unpaired) electrons. The highest BCUT2D eigenvalue weighted by Gasteiger charge is 2.30. The number of hydrogen-bond donors (Lipinski definition) is 2. The summed E-state index contributed by atoms with van der Waals surface area (Å²) in [5.74, 6) is 1.96. The Morgan fingerprint density at radius 3 is 2.72 bits per heavy atom. The molecule has 2 aromatic carbocycles. The number of carbonyl (C=O) groups is 1. The fourth-order valence-corrected chi connectivity index (χ4v) is 6.55. The number of carboxylic acid groups (broad SMARTS) is 1. The number of aromatic nitrogens is 1. The standard InChI is InChI=1S/C30H36N2O4/c33-30(34)22-9-10-23-25(19-22)32-16-18-36-29-24(28(32)27(23)21-5-2-1-3-6-21)7-4-8-26(29)35-17-13-20-11-14-31-15-12-20/h4,7-10,19-21,31H,1-3,5-6,11-18H2,(H,33,34). The van der Waals surface area contributed by atoms with Gasteiger partial charge in [-0.3, -0.25) is 0 Å². The van der Waals surface area contributed by atoms with Gasteiger partial charge in [-0.05, 0) is 86.9 Å².